The molecule has 2 rings (SSSR count). The maximum atomic E-state index is 3.51. The first kappa shape index (κ1) is 12.6. The summed E-state index contributed by atoms with van der Waals surface area (Å²) in [6.45, 7) is 9.17. The molecule has 1 aromatic rings. The summed E-state index contributed by atoms with van der Waals surface area (Å²) < 4.78 is 0. The third kappa shape index (κ3) is 3.83. The molecule has 1 atom stereocenters. The van der Waals surface area contributed by atoms with Gasteiger partial charge in [-0.15, -0.1) is 0 Å². The van der Waals surface area contributed by atoms with Gasteiger partial charge >= 0.3 is 0 Å². The Kier molecular flexibility index (Phi) is 4.57. The summed E-state index contributed by atoms with van der Waals surface area (Å²) in [5.74, 6) is 0.776. The van der Waals surface area contributed by atoms with Crippen LogP contribution in [0.4, 0.5) is 0 Å². The highest BCUT2D eigenvalue weighted by atomic mass is 15.2. The largest absolute Gasteiger partial charge is 0.314 e. The molecule has 1 fully saturated rings. The molecule has 0 unspecified atom stereocenters. The van der Waals surface area contributed by atoms with Crippen molar-refractivity contribution in [2.45, 2.75) is 32.9 Å². The topological polar surface area (TPSA) is 15.3 Å². The average molecular weight is 232 g/mol. The Morgan fingerprint density at radius 3 is 2.76 bits per heavy atom. The summed E-state index contributed by atoms with van der Waals surface area (Å²) in [6, 6.07) is 11.5. The summed E-state index contributed by atoms with van der Waals surface area (Å²) in [5, 5.41) is 3.51. The van der Waals surface area contributed by atoms with Crippen molar-refractivity contribution in [3.63, 3.8) is 0 Å². The SMILES string of the molecule is CC(C)C[C@@H]1CNCCN1Cc1ccccc1. The molecule has 0 aliphatic carbocycles. The Morgan fingerprint density at radius 2 is 2.06 bits per heavy atom. The fourth-order valence-corrected chi connectivity index (χ4v) is 2.61. The molecular weight excluding hydrogens is 208 g/mol. The number of nitrogens with zero attached hydrogens (tertiary/aromatic N) is 1. The lowest BCUT2D eigenvalue weighted by molar-refractivity contribution is 0.134. The second kappa shape index (κ2) is 6.18. The molecule has 0 radical (unpaired) electrons. The van der Waals surface area contributed by atoms with E-state index in [9.17, 15) is 0 Å². The lowest BCUT2D eigenvalue weighted by atomic mass is 10.00. The highest BCUT2D eigenvalue weighted by Gasteiger charge is 2.22. The minimum atomic E-state index is 0.698. The molecule has 2 heteroatoms. The zero-order chi connectivity index (χ0) is 12.1. The van der Waals surface area contributed by atoms with E-state index in [1.165, 1.54) is 18.5 Å². The molecule has 1 saturated heterocycles. The van der Waals surface area contributed by atoms with Gasteiger partial charge in [-0.05, 0) is 17.9 Å². The van der Waals surface area contributed by atoms with Crippen LogP contribution in [-0.4, -0.2) is 30.6 Å². The normalized spacial score (nSPS) is 21.9. The van der Waals surface area contributed by atoms with Crippen LogP contribution in [-0.2, 0) is 6.54 Å². The van der Waals surface area contributed by atoms with Crippen molar-refractivity contribution in [2.75, 3.05) is 19.6 Å². The Bertz CT molecular complexity index is 321. The van der Waals surface area contributed by atoms with E-state index in [-0.39, 0.29) is 0 Å². The zero-order valence-corrected chi connectivity index (χ0v) is 11.0. The summed E-state index contributed by atoms with van der Waals surface area (Å²) in [7, 11) is 0. The Morgan fingerprint density at radius 1 is 1.29 bits per heavy atom. The number of nitrogens with one attached hydrogen (secondary N) is 1. The lowest BCUT2D eigenvalue weighted by Gasteiger charge is -2.37. The second-order valence-corrected chi connectivity index (χ2v) is 5.44. The first-order valence-corrected chi connectivity index (χ1v) is 6.74. The maximum Gasteiger partial charge on any atom is 0.0237 e. The second-order valence-electron chi connectivity index (χ2n) is 5.44. The van der Waals surface area contributed by atoms with Crippen LogP contribution in [0.15, 0.2) is 30.3 Å². The summed E-state index contributed by atoms with van der Waals surface area (Å²) in [5.41, 5.74) is 1.43. The van der Waals surface area contributed by atoms with Crippen LogP contribution < -0.4 is 5.32 Å². The molecule has 0 bridgehead atoms. The van der Waals surface area contributed by atoms with Gasteiger partial charge in [-0.1, -0.05) is 44.2 Å². The Balaban J connectivity index is 1.96. The maximum absolute atomic E-state index is 3.51. The van der Waals surface area contributed by atoms with E-state index >= 15 is 0 Å². The van der Waals surface area contributed by atoms with Crippen molar-refractivity contribution < 1.29 is 0 Å². The van der Waals surface area contributed by atoms with Crippen molar-refractivity contribution in [3.05, 3.63) is 35.9 Å². The number of benzene rings is 1. The Hall–Kier alpha value is -0.860. The van der Waals surface area contributed by atoms with Gasteiger partial charge in [0.2, 0.25) is 0 Å². The van der Waals surface area contributed by atoms with Crippen LogP contribution in [0.1, 0.15) is 25.8 Å². The van der Waals surface area contributed by atoms with Crippen LogP contribution in [0.2, 0.25) is 0 Å². The fraction of sp³-hybridized carbons (Fsp3) is 0.600. The molecule has 0 spiro atoms. The van der Waals surface area contributed by atoms with E-state index < -0.39 is 0 Å². The molecule has 1 aliphatic rings. The fourth-order valence-electron chi connectivity index (χ4n) is 2.61. The molecule has 1 aromatic carbocycles. The van der Waals surface area contributed by atoms with Crippen LogP contribution in [0.5, 0.6) is 0 Å². The zero-order valence-electron chi connectivity index (χ0n) is 11.0. The van der Waals surface area contributed by atoms with Crippen molar-refractivity contribution in [3.8, 4) is 0 Å². The van der Waals surface area contributed by atoms with Gasteiger partial charge in [0, 0.05) is 32.2 Å². The minimum absolute atomic E-state index is 0.698. The van der Waals surface area contributed by atoms with Gasteiger partial charge in [-0.2, -0.15) is 0 Å². The summed E-state index contributed by atoms with van der Waals surface area (Å²) >= 11 is 0. The van der Waals surface area contributed by atoms with E-state index in [0.717, 1.165) is 25.6 Å². The number of piperazine rings is 1. The molecule has 0 amide bonds. The highest BCUT2D eigenvalue weighted by Crippen LogP contribution is 2.16. The van der Waals surface area contributed by atoms with E-state index in [1.807, 2.05) is 0 Å². The predicted molar refractivity (Wildman–Crippen MR) is 73.0 cm³/mol. The molecule has 1 heterocycles. The standard InChI is InChI=1S/C15H24N2/c1-13(2)10-15-11-16-8-9-17(15)12-14-6-4-3-5-7-14/h3-7,13,15-16H,8-12H2,1-2H3/t15-/m1/s1. The number of hydrogen-bond acceptors (Lipinski definition) is 2. The van der Waals surface area contributed by atoms with Gasteiger partial charge in [-0.3, -0.25) is 4.90 Å². The predicted octanol–water partition coefficient (Wildman–Crippen LogP) is 2.51. The van der Waals surface area contributed by atoms with Gasteiger partial charge in [0.25, 0.3) is 0 Å². The highest BCUT2D eigenvalue weighted by molar-refractivity contribution is 5.14. The third-order valence-electron chi connectivity index (χ3n) is 3.44. The average Bonchev–Trinajstić information content (AvgIpc) is 2.32. The molecule has 0 aromatic heterocycles. The van der Waals surface area contributed by atoms with E-state index in [1.54, 1.807) is 0 Å². The van der Waals surface area contributed by atoms with E-state index in [4.69, 9.17) is 0 Å². The lowest BCUT2D eigenvalue weighted by Crippen LogP contribution is -2.51. The van der Waals surface area contributed by atoms with Gasteiger partial charge in [0.05, 0.1) is 0 Å². The smallest absolute Gasteiger partial charge is 0.0237 e. The Labute approximate surface area is 105 Å². The van der Waals surface area contributed by atoms with Crippen LogP contribution in [0, 0.1) is 5.92 Å². The van der Waals surface area contributed by atoms with Crippen molar-refractivity contribution in [2.24, 2.45) is 5.92 Å². The van der Waals surface area contributed by atoms with Gasteiger partial charge in [-0.25, -0.2) is 0 Å². The summed E-state index contributed by atoms with van der Waals surface area (Å²) in [4.78, 5) is 2.63. The minimum Gasteiger partial charge on any atom is -0.314 e. The molecule has 17 heavy (non-hydrogen) atoms. The number of rotatable bonds is 4. The van der Waals surface area contributed by atoms with E-state index in [2.05, 4.69) is 54.4 Å². The van der Waals surface area contributed by atoms with Crippen LogP contribution in [0.25, 0.3) is 0 Å². The number of hydrogen-bond donors (Lipinski definition) is 1. The monoisotopic (exact) mass is 232 g/mol. The molecule has 94 valence electrons. The molecule has 2 nitrogen and oxygen atoms in total. The van der Waals surface area contributed by atoms with Crippen molar-refractivity contribution >= 4 is 0 Å². The van der Waals surface area contributed by atoms with Crippen molar-refractivity contribution in [1.29, 1.82) is 0 Å². The quantitative estimate of drug-likeness (QED) is 0.858. The summed E-state index contributed by atoms with van der Waals surface area (Å²) in [6.07, 6.45) is 1.29. The molecular formula is C15H24N2. The molecule has 1 N–H and O–H groups in total. The molecule has 1 aliphatic heterocycles. The molecule has 0 saturated carbocycles. The van der Waals surface area contributed by atoms with Gasteiger partial charge in [0.15, 0.2) is 0 Å². The van der Waals surface area contributed by atoms with Gasteiger partial charge in [0.1, 0.15) is 0 Å². The van der Waals surface area contributed by atoms with Crippen LogP contribution >= 0.6 is 0 Å². The first-order chi connectivity index (χ1) is 8.25. The van der Waals surface area contributed by atoms with E-state index in [0.29, 0.717) is 6.04 Å². The van der Waals surface area contributed by atoms with Gasteiger partial charge < -0.3 is 5.32 Å². The third-order valence-corrected chi connectivity index (χ3v) is 3.44. The van der Waals surface area contributed by atoms with Crippen molar-refractivity contribution in [1.82, 2.24) is 10.2 Å². The van der Waals surface area contributed by atoms with Crippen LogP contribution in [0.3, 0.4) is 0 Å². The first-order valence-electron chi connectivity index (χ1n) is 6.74.